The molecule has 2 N–H and O–H groups in total. The van der Waals surface area contributed by atoms with Crippen molar-refractivity contribution in [3.05, 3.63) is 29.8 Å². The van der Waals surface area contributed by atoms with E-state index < -0.39 is 0 Å². The van der Waals surface area contributed by atoms with E-state index in [1.807, 2.05) is 45.0 Å². The lowest BCUT2D eigenvalue weighted by atomic mass is 9.89. The Morgan fingerprint density at radius 3 is 2.63 bits per heavy atom. The van der Waals surface area contributed by atoms with Crippen LogP contribution in [0.15, 0.2) is 24.3 Å². The lowest BCUT2D eigenvalue weighted by Crippen LogP contribution is -2.10. The maximum atomic E-state index is 8.93. The minimum atomic E-state index is -0.232. The van der Waals surface area contributed by atoms with Crippen LogP contribution in [0.1, 0.15) is 51.6 Å². The quantitative estimate of drug-likeness (QED) is 0.758. The number of rotatable bonds is 7. The highest BCUT2D eigenvalue weighted by Gasteiger charge is 2.15. The van der Waals surface area contributed by atoms with E-state index in [1.165, 1.54) is 0 Å². The zero-order chi connectivity index (χ0) is 14.3. The van der Waals surface area contributed by atoms with E-state index in [4.69, 9.17) is 15.7 Å². The number of ether oxygens (including phenoxy) is 1. The molecule has 3 nitrogen and oxygen atoms in total. The first-order valence-electron chi connectivity index (χ1n) is 6.85. The van der Waals surface area contributed by atoms with Gasteiger partial charge in [0.2, 0.25) is 0 Å². The predicted octanol–water partition coefficient (Wildman–Crippen LogP) is 3.81. The maximum Gasteiger partial charge on any atom is 0.124 e. The topological polar surface area (TPSA) is 59.0 Å². The zero-order valence-electron chi connectivity index (χ0n) is 12.1. The molecule has 0 aromatic heterocycles. The third-order valence-electron chi connectivity index (χ3n) is 3.17. The molecule has 0 saturated carbocycles. The fourth-order valence-electron chi connectivity index (χ4n) is 1.90. The van der Waals surface area contributed by atoms with E-state index in [2.05, 4.69) is 6.07 Å². The van der Waals surface area contributed by atoms with Gasteiger partial charge in [-0.05, 0) is 46.1 Å². The van der Waals surface area contributed by atoms with Gasteiger partial charge in [-0.2, -0.15) is 5.26 Å². The number of hydrogen-bond acceptors (Lipinski definition) is 3. The fourth-order valence-corrected chi connectivity index (χ4v) is 1.90. The first kappa shape index (κ1) is 15.5. The third kappa shape index (κ3) is 5.32. The van der Waals surface area contributed by atoms with Crippen molar-refractivity contribution in [2.24, 2.45) is 11.1 Å². The highest BCUT2D eigenvalue weighted by atomic mass is 16.5. The molecule has 0 unspecified atom stereocenters. The van der Waals surface area contributed by atoms with Crippen molar-refractivity contribution in [3.8, 4) is 11.8 Å². The largest absolute Gasteiger partial charge is 0.493 e. The first-order valence-corrected chi connectivity index (χ1v) is 6.85. The van der Waals surface area contributed by atoms with Crippen LogP contribution in [0.25, 0.3) is 0 Å². The van der Waals surface area contributed by atoms with E-state index in [9.17, 15) is 0 Å². The molecular weight excluding hydrogens is 236 g/mol. The van der Waals surface area contributed by atoms with Gasteiger partial charge in [-0.15, -0.1) is 0 Å². The van der Waals surface area contributed by atoms with Gasteiger partial charge >= 0.3 is 0 Å². The van der Waals surface area contributed by atoms with Crippen LogP contribution in [0.4, 0.5) is 0 Å². The van der Waals surface area contributed by atoms with Crippen molar-refractivity contribution in [2.75, 3.05) is 6.61 Å². The summed E-state index contributed by atoms with van der Waals surface area (Å²) in [5, 5.41) is 8.93. The van der Waals surface area contributed by atoms with Crippen molar-refractivity contribution < 1.29 is 4.74 Å². The second kappa shape index (κ2) is 7.16. The first-order chi connectivity index (χ1) is 8.96. The van der Waals surface area contributed by atoms with Crippen LogP contribution >= 0.6 is 0 Å². The second-order valence-electron chi connectivity index (χ2n) is 5.63. The summed E-state index contributed by atoms with van der Waals surface area (Å²) in [7, 11) is 0. The monoisotopic (exact) mass is 260 g/mol. The van der Waals surface area contributed by atoms with Gasteiger partial charge in [-0.3, -0.25) is 0 Å². The zero-order valence-corrected chi connectivity index (χ0v) is 12.1. The third-order valence-corrected chi connectivity index (χ3v) is 3.17. The molecule has 19 heavy (non-hydrogen) atoms. The van der Waals surface area contributed by atoms with E-state index in [1.54, 1.807) is 0 Å². The van der Waals surface area contributed by atoms with Crippen LogP contribution in [0.5, 0.6) is 5.75 Å². The van der Waals surface area contributed by atoms with Crippen LogP contribution in [-0.4, -0.2) is 6.61 Å². The molecule has 0 amide bonds. The normalized spacial score (nSPS) is 12.8. The van der Waals surface area contributed by atoms with Crippen molar-refractivity contribution >= 4 is 0 Å². The SMILES string of the molecule is C[C@@H](N)c1ccccc1OCCCCC(C)(C)C#N. The Morgan fingerprint density at radius 2 is 2.00 bits per heavy atom. The highest BCUT2D eigenvalue weighted by Crippen LogP contribution is 2.24. The summed E-state index contributed by atoms with van der Waals surface area (Å²) in [4.78, 5) is 0. The van der Waals surface area contributed by atoms with Crippen LogP contribution in [-0.2, 0) is 0 Å². The van der Waals surface area contributed by atoms with Gasteiger partial charge in [0, 0.05) is 11.6 Å². The minimum Gasteiger partial charge on any atom is -0.493 e. The molecule has 0 fully saturated rings. The Kier molecular flexibility index (Phi) is 5.85. The van der Waals surface area contributed by atoms with Crippen molar-refractivity contribution in [1.82, 2.24) is 0 Å². The number of para-hydroxylation sites is 1. The van der Waals surface area contributed by atoms with Gasteiger partial charge in [0.15, 0.2) is 0 Å². The van der Waals surface area contributed by atoms with E-state index in [-0.39, 0.29) is 11.5 Å². The smallest absolute Gasteiger partial charge is 0.124 e. The van der Waals surface area contributed by atoms with E-state index >= 15 is 0 Å². The highest BCUT2D eigenvalue weighted by molar-refractivity contribution is 5.35. The second-order valence-corrected chi connectivity index (χ2v) is 5.63. The number of nitrogens with zero attached hydrogens (tertiary/aromatic N) is 1. The van der Waals surface area contributed by atoms with Crippen LogP contribution in [0, 0.1) is 16.7 Å². The molecular formula is C16H24N2O. The summed E-state index contributed by atoms with van der Waals surface area (Å²) in [6.07, 6.45) is 2.86. The number of nitrogens with two attached hydrogens (primary N) is 1. The average Bonchev–Trinajstić information content (AvgIpc) is 2.38. The molecule has 0 heterocycles. The number of unbranched alkanes of at least 4 members (excludes halogenated alkanes) is 1. The molecule has 1 aromatic rings. The van der Waals surface area contributed by atoms with Gasteiger partial charge in [0.05, 0.1) is 18.1 Å². The molecule has 1 atom stereocenters. The summed E-state index contributed by atoms with van der Waals surface area (Å²) in [6.45, 7) is 6.57. The average molecular weight is 260 g/mol. The molecule has 0 aliphatic carbocycles. The number of hydrogen-bond donors (Lipinski definition) is 1. The number of benzene rings is 1. The van der Waals surface area contributed by atoms with Crippen molar-refractivity contribution in [2.45, 2.75) is 46.1 Å². The molecule has 0 radical (unpaired) electrons. The summed E-state index contributed by atoms with van der Waals surface area (Å²) < 4.78 is 5.78. The van der Waals surface area contributed by atoms with Crippen molar-refractivity contribution in [3.63, 3.8) is 0 Å². The fraction of sp³-hybridized carbons (Fsp3) is 0.562. The molecule has 0 aliphatic heterocycles. The van der Waals surface area contributed by atoms with E-state index in [0.717, 1.165) is 30.6 Å². The van der Waals surface area contributed by atoms with Crippen LogP contribution in [0.2, 0.25) is 0 Å². The van der Waals surface area contributed by atoms with Gasteiger partial charge in [0.1, 0.15) is 5.75 Å². The summed E-state index contributed by atoms with van der Waals surface area (Å²) in [6, 6.07) is 10.2. The molecule has 104 valence electrons. The Balaban J connectivity index is 2.37. The molecule has 0 aliphatic rings. The van der Waals surface area contributed by atoms with Gasteiger partial charge in [-0.25, -0.2) is 0 Å². The molecule has 1 aromatic carbocycles. The summed E-state index contributed by atoms with van der Waals surface area (Å²) in [5.41, 5.74) is 6.71. The van der Waals surface area contributed by atoms with Crippen LogP contribution in [0.3, 0.4) is 0 Å². The molecule has 3 heteroatoms. The Morgan fingerprint density at radius 1 is 1.32 bits per heavy atom. The van der Waals surface area contributed by atoms with Gasteiger partial charge in [-0.1, -0.05) is 18.2 Å². The predicted molar refractivity (Wildman–Crippen MR) is 77.8 cm³/mol. The Hall–Kier alpha value is -1.53. The Labute approximate surface area is 116 Å². The van der Waals surface area contributed by atoms with Gasteiger partial charge < -0.3 is 10.5 Å². The summed E-state index contributed by atoms with van der Waals surface area (Å²) >= 11 is 0. The van der Waals surface area contributed by atoms with Crippen molar-refractivity contribution in [1.29, 1.82) is 5.26 Å². The lowest BCUT2D eigenvalue weighted by molar-refractivity contribution is 0.291. The minimum absolute atomic E-state index is 0.0197. The molecule has 1 rings (SSSR count). The van der Waals surface area contributed by atoms with E-state index in [0.29, 0.717) is 6.61 Å². The number of nitriles is 1. The van der Waals surface area contributed by atoms with Gasteiger partial charge in [0.25, 0.3) is 0 Å². The molecule has 0 spiro atoms. The molecule has 0 saturated heterocycles. The molecule has 0 bridgehead atoms. The maximum absolute atomic E-state index is 8.93. The standard InChI is InChI=1S/C16H24N2O/c1-13(18)14-8-4-5-9-15(14)19-11-7-6-10-16(2,3)12-17/h4-5,8-9,13H,6-7,10-11,18H2,1-3H3/t13-/m1/s1. The van der Waals surface area contributed by atoms with Crippen LogP contribution < -0.4 is 10.5 Å². The lowest BCUT2D eigenvalue weighted by Gasteiger charge is -2.16. The Bertz CT molecular complexity index is 433. The summed E-state index contributed by atoms with van der Waals surface area (Å²) in [5.74, 6) is 0.872.